The SMILES string of the molecule is O=C([C@H](Sc1nnc(-c2cccs2)n1C1CC1)c1ccccc1)N1CCCC1. The van der Waals surface area contributed by atoms with Crippen LogP contribution >= 0.6 is 23.1 Å². The van der Waals surface area contributed by atoms with Crippen molar-refractivity contribution >= 4 is 29.0 Å². The number of hydrogen-bond acceptors (Lipinski definition) is 5. The van der Waals surface area contributed by atoms with E-state index in [1.165, 1.54) is 0 Å². The fourth-order valence-electron chi connectivity index (χ4n) is 3.69. The molecule has 3 heterocycles. The van der Waals surface area contributed by atoms with Gasteiger partial charge in [-0.2, -0.15) is 0 Å². The molecule has 1 aromatic carbocycles. The Labute approximate surface area is 172 Å². The average Bonchev–Trinajstić information content (AvgIpc) is 3.16. The molecule has 1 atom stereocenters. The van der Waals surface area contributed by atoms with E-state index in [2.05, 4.69) is 26.2 Å². The standard InChI is InChI=1S/C21H22N4OS2/c26-20(24-12-4-5-13-24)18(15-7-2-1-3-8-15)28-21-23-22-19(17-9-6-14-27-17)25(21)16-10-11-16/h1-3,6-9,14,16,18H,4-5,10-13H2/t18-/m1/s1. The van der Waals surface area contributed by atoms with Crippen molar-refractivity contribution in [2.45, 2.75) is 42.1 Å². The molecule has 144 valence electrons. The number of aromatic nitrogens is 3. The van der Waals surface area contributed by atoms with Gasteiger partial charge in [0, 0.05) is 19.1 Å². The Morgan fingerprint density at radius 2 is 1.86 bits per heavy atom. The number of likely N-dealkylation sites (tertiary alicyclic amines) is 1. The zero-order valence-electron chi connectivity index (χ0n) is 15.5. The minimum atomic E-state index is -0.280. The van der Waals surface area contributed by atoms with Crippen molar-refractivity contribution in [3.63, 3.8) is 0 Å². The van der Waals surface area contributed by atoms with Crippen molar-refractivity contribution in [2.24, 2.45) is 0 Å². The zero-order valence-corrected chi connectivity index (χ0v) is 17.2. The van der Waals surface area contributed by atoms with Gasteiger partial charge in [0.2, 0.25) is 5.91 Å². The Bertz CT molecular complexity index is 944. The Kier molecular flexibility index (Phi) is 4.94. The molecule has 0 bridgehead atoms. The highest BCUT2D eigenvalue weighted by molar-refractivity contribution is 8.00. The van der Waals surface area contributed by atoms with Crippen LogP contribution in [0.15, 0.2) is 53.0 Å². The molecule has 0 N–H and O–H groups in total. The van der Waals surface area contributed by atoms with Crippen LogP contribution in [0.4, 0.5) is 0 Å². The first kappa shape index (κ1) is 17.9. The maximum absolute atomic E-state index is 13.3. The van der Waals surface area contributed by atoms with E-state index in [0.29, 0.717) is 6.04 Å². The first-order valence-corrected chi connectivity index (χ1v) is 11.6. The molecule has 1 aliphatic carbocycles. The van der Waals surface area contributed by atoms with Crippen molar-refractivity contribution in [3.05, 3.63) is 53.4 Å². The molecule has 1 saturated carbocycles. The molecule has 28 heavy (non-hydrogen) atoms. The fourth-order valence-corrected chi connectivity index (χ4v) is 5.59. The second-order valence-electron chi connectivity index (χ2n) is 7.33. The minimum absolute atomic E-state index is 0.191. The lowest BCUT2D eigenvalue weighted by atomic mass is 10.1. The summed E-state index contributed by atoms with van der Waals surface area (Å²) in [5, 5.41) is 11.7. The number of thiophene rings is 1. The summed E-state index contributed by atoms with van der Waals surface area (Å²) in [6.07, 6.45) is 4.50. The van der Waals surface area contributed by atoms with Crippen LogP contribution in [0.2, 0.25) is 0 Å². The largest absolute Gasteiger partial charge is 0.341 e. The summed E-state index contributed by atoms with van der Waals surface area (Å²) < 4.78 is 2.25. The minimum Gasteiger partial charge on any atom is -0.341 e. The number of benzene rings is 1. The lowest BCUT2D eigenvalue weighted by Gasteiger charge is -2.23. The second kappa shape index (κ2) is 7.72. The van der Waals surface area contributed by atoms with Crippen LogP contribution in [0.5, 0.6) is 0 Å². The maximum Gasteiger partial charge on any atom is 0.240 e. The number of nitrogens with zero attached hydrogens (tertiary/aromatic N) is 4. The summed E-state index contributed by atoms with van der Waals surface area (Å²) >= 11 is 3.24. The molecule has 2 fully saturated rings. The highest BCUT2D eigenvalue weighted by Gasteiger charge is 2.34. The lowest BCUT2D eigenvalue weighted by molar-refractivity contribution is -0.129. The quantitative estimate of drug-likeness (QED) is 0.548. The molecular formula is C21H22N4OS2. The van der Waals surface area contributed by atoms with E-state index < -0.39 is 0 Å². The summed E-state index contributed by atoms with van der Waals surface area (Å²) in [4.78, 5) is 16.5. The second-order valence-corrected chi connectivity index (χ2v) is 9.35. The maximum atomic E-state index is 13.3. The number of amides is 1. The van der Waals surface area contributed by atoms with Gasteiger partial charge in [-0.25, -0.2) is 0 Å². The third-order valence-corrected chi connectivity index (χ3v) is 7.35. The number of hydrogen-bond donors (Lipinski definition) is 0. The van der Waals surface area contributed by atoms with Crippen LogP contribution in [-0.2, 0) is 4.79 Å². The Morgan fingerprint density at radius 1 is 1.07 bits per heavy atom. The van der Waals surface area contributed by atoms with Crippen LogP contribution < -0.4 is 0 Å². The van der Waals surface area contributed by atoms with Crippen LogP contribution in [0.1, 0.15) is 42.5 Å². The smallest absolute Gasteiger partial charge is 0.240 e. The molecule has 5 nitrogen and oxygen atoms in total. The summed E-state index contributed by atoms with van der Waals surface area (Å²) in [7, 11) is 0. The molecule has 2 aliphatic rings. The van der Waals surface area contributed by atoms with Crippen LogP contribution in [-0.4, -0.2) is 38.7 Å². The highest BCUT2D eigenvalue weighted by atomic mass is 32.2. The van der Waals surface area contributed by atoms with Crippen LogP contribution in [0, 0.1) is 0 Å². The normalized spacial score (nSPS) is 17.8. The predicted octanol–water partition coefficient (Wildman–Crippen LogP) is 4.80. The van der Waals surface area contributed by atoms with Gasteiger partial charge in [0.15, 0.2) is 11.0 Å². The Morgan fingerprint density at radius 3 is 2.54 bits per heavy atom. The van der Waals surface area contributed by atoms with Gasteiger partial charge in [0.1, 0.15) is 5.25 Å². The van der Waals surface area contributed by atoms with E-state index in [-0.39, 0.29) is 11.2 Å². The van der Waals surface area contributed by atoms with Gasteiger partial charge >= 0.3 is 0 Å². The van der Waals surface area contributed by atoms with Crippen molar-refractivity contribution < 1.29 is 4.79 Å². The topological polar surface area (TPSA) is 51.0 Å². The van der Waals surface area contributed by atoms with Crippen molar-refractivity contribution in [3.8, 4) is 10.7 Å². The Balaban J connectivity index is 1.50. The van der Waals surface area contributed by atoms with Gasteiger partial charge in [0.25, 0.3) is 0 Å². The Hall–Kier alpha value is -2.12. The van der Waals surface area contributed by atoms with Crippen LogP contribution in [0.3, 0.4) is 0 Å². The zero-order chi connectivity index (χ0) is 18.9. The fraction of sp³-hybridized carbons (Fsp3) is 0.381. The molecule has 0 radical (unpaired) electrons. The summed E-state index contributed by atoms with van der Waals surface area (Å²) in [6.45, 7) is 1.72. The summed E-state index contributed by atoms with van der Waals surface area (Å²) in [6, 6.07) is 14.7. The van der Waals surface area contributed by atoms with E-state index >= 15 is 0 Å². The first-order chi connectivity index (χ1) is 13.8. The van der Waals surface area contributed by atoms with E-state index in [4.69, 9.17) is 0 Å². The molecule has 0 spiro atoms. The van der Waals surface area contributed by atoms with Gasteiger partial charge in [0.05, 0.1) is 4.88 Å². The van der Waals surface area contributed by atoms with Crippen molar-refractivity contribution in [2.75, 3.05) is 13.1 Å². The van der Waals surface area contributed by atoms with E-state index in [0.717, 1.165) is 60.2 Å². The molecule has 3 aromatic rings. The van der Waals surface area contributed by atoms with Gasteiger partial charge in [-0.05, 0) is 42.7 Å². The molecular weight excluding hydrogens is 388 g/mol. The number of carbonyl (C=O) groups is 1. The monoisotopic (exact) mass is 410 g/mol. The average molecular weight is 411 g/mol. The number of thioether (sulfide) groups is 1. The molecule has 7 heteroatoms. The van der Waals surface area contributed by atoms with Gasteiger partial charge in [-0.1, -0.05) is 48.2 Å². The summed E-state index contributed by atoms with van der Waals surface area (Å²) in [5.74, 6) is 1.12. The molecule has 0 unspecified atom stereocenters. The van der Waals surface area contributed by atoms with E-state index in [1.54, 1.807) is 23.1 Å². The third kappa shape index (κ3) is 3.49. The van der Waals surface area contributed by atoms with E-state index in [1.807, 2.05) is 41.3 Å². The highest BCUT2D eigenvalue weighted by Crippen LogP contribution is 2.45. The first-order valence-electron chi connectivity index (χ1n) is 9.80. The van der Waals surface area contributed by atoms with Crippen molar-refractivity contribution in [1.29, 1.82) is 0 Å². The van der Waals surface area contributed by atoms with Gasteiger partial charge < -0.3 is 4.90 Å². The van der Waals surface area contributed by atoms with Crippen molar-refractivity contribution in [1.82, 2.24) is 19.7 Å². The predicted molar refractivity (Wildman–Crippen MR) is 112 cm³/mol. The van der Waals surface area contributed by atoms with E-state index in [9.17, 15) is 4.79 Å². The molecule has 1 amide bonds. The summed E-state index contributed by atoms with van der Waals surface area (Å²) in [5.41, 5.74) is 1.03. The third-order valence-electron chi connectivity index (χ3n) is 5.29. The lowest BCUT2D eigenvalue weighted by Crippen LogP contribution is -2.31. The van der Waals surface area contributed by atoms with Gasteiger partial charge in [-0.15, -0.1) is 21.5 Å². The molecule has 2 aromatic heterocycles. The number of rotatable bonds is 6. The van der Waals surface area contributed by atoms with Crippen LogP contribution in [0.25, 0.3) is 10.7 Å². The molecule has 1 aliphatic heterocycles. The molecule has 5 rings (SSSR count). The molecule has 1 saturated heterocycles. The van der Waals surface area contributed by atoms with Gasteiger partial charge in [-0.3, -0.25) is 9.36 Å². The number of carbonyl (C=O) groups excluding carboxylic acids is 1.